The fraction of sp³-hybridized carbons (Fsp3) is 0.235. The van der Waals surface area contributed by atoms with Gasteiger partial charge in [-0.05, 0) is 42.5 Å². The van der Waals surface area contributed by atoms with Gasteiger partial charge in [0.25, 0.3) is 5.91 Å². The third-order valence-corrected chi connectivity index (χ3v) is 3.22. The fourth-order valence-electron chi connectivity index (χ4n) is 1.84. The number of rotatable bonds is 7. The van der Waals surface area contributed by atoms with Crippen molar-refractivity contribution in [2.24, 2.45) is 0 Å². The van der Waals surface area contributed by atoms with E-state index >= 15 is 0 Å². The van der Waals surface area contributed by atoms with Gasteiger partial charge in [0.05, 0.1) is 13.2 Å². The third-order valence-electron chi connectivity index (χ3n) is 2.96. The molecule has 2 rings (SSSR count). The third kappa shape index (κ3) is 4.97. The molecule has 0 spiro atoms. The Morgan fingerprint density at radius 3 is 2.41 bits per heavy atom. The number of benzene rings is 2. The number of amides is 1. The molecule has 0 saturated heterocycles. The lowest BCUT2D eigenvalue weighted by molar-refractivity contribution is 0.0962. The van der Waals surface area contributed by atoms with Crippen LogP contribution in [-0.2, 0) is 0 Å². The van der Waals surface area contributed by atoms with Crippen LogP contribution in [0.2, 0.25) is 5.02 Å². The van der Waals surface area contributed by atoms with Gasteiger partial charge in [-0.1, -0.05) is 17.7 Å². The molecule has 4 nitrogen and oxygen atoms in total. The van der Waals surface area contributed by atoms with Crippen LogP contribution in [0.15, 0.2) is 48.5 Å². The van der Waals surface area contributed by atoms with Crippen LogP contribution >= 0.6 is 11.6 Å². The zero-order valence-electron chi connectivity index (χ0n) is 12.3. The summed E-state index contributed by atoms with van der Waals surface area (Å²) in [7, 11) is 1.60. The molecule has 1 amide bonds. The molecule has 2 aromatic carbocycles. The molecule has 0 aromatic heterocycles. The number of halogens is 1. The average Bonchev–Trinajstić information content (AvgIpc) is 2.56. The summed E-state index contributed by atoms with van der Waals surface area (Å²) in [6, 6.07) is 14.3. The molecule has 0 aliphatic rings. The minimum absolute atomic E-state index is 0.128. The first kappa shape index (κ1) is 16.2. The average molecular weight is 320 g/mol. The molecule has 0 heterocycles. The van der Waals surface area contributed by atoms with Gasteiger partial charge in [-0.15, -0.1) is 0 Å². The lowest BCUT2D eigenvalue weighted by atomic mass is 10.2. The number of hydrogen-bond donors (Lipinski definition) is 1. The van der Waals surface area contributed by atoms with Crippen molar-refractivity contribution in [2.75, 3.05) is 20.3 Å². The SMILES string of the molecule is CNC(=O)c1cccc(OCCCOc2ccc(Cl)cc2)c1. The molecule has 1 N–H and O–H groups in total. The van der Waals surface area contributed by atoms with E-state index in [4.69, 9.17) is 21.1 Å². The van der Waals surface area contributed by atoms with Crippen molar-refractivity contribution in [1.29, 1.82) is 0 Å². The van der Waals surface area contributed by atoms with Gasteiger partial charge in [-0.3, -0.25) is 4.79 Å². The summed E-state index contributed by atoms with van der Waals surface area (Å²) in [4.78, 5) is 11.5. The molecule has 116 valence electrons. The van der Waals surface area contributed by atoms with Gasteiger partial charge in [-0.25, -0.2) is 0 Å². The Bertz CT molecular complexity index is 614. The van der Waals surface area contributed by atoms with Crippen LogP contribution in [0.1, 0.15) is 16.8 Å². The van der Waals surface area contributed by atoms with Crippen molar-refractivity contribution >= 4 is 17.5 Å². The molecule has 0 radical (unpaired) electrons. The Labute approximate surface area is 135 Å². The van der Waals surface area contributed by atoms with Crippen molar-refractivity contribution in [3.05, 3.63) is 59.1 Å². The minimum atomic E-state index is -0.128. The number of carbonyl (C=O) groups is 1. The van der Waals surface area contributed by atoms with Crippen LogP contribution in [0.3, 0.4) is 0 Å². The van der Waals surface area contributed by atoms with Crippen molar-refractivity contribution in [3.8, 4) is 11.5 Å². The lowest BCUT2D eigenvalue weighted by Crippen LogP contribution is -2.17. The Morgan fingerprint density at radius 2 is 1.73 bits per heavy atom. The van der Waals surface area contributed by atoms with Crippen molar-refractivity contribution in [1.82, 2.24) is 5.32 Å². The van der Waals surface area contributed by atoms with Gasteiger partial charge in [-0.2, -0.15) is 0 Å². The van der Waals surface area contributed by atoms with Gasteiger partial charge in [0.2, 0.25) is 0 Å². The van der Waals surface area contributed by atoms with E-state index in [0.717, 1.165) is 12.2 Å². The van der Waals surface area contributed by atoms with Crippen LogP contribution in [0.25, 0.3) is 0 Å². The first-order valence-corrected chi connectivity index (χ1v) is 7.40. The number of carbonyl (C=O) groups excluding carboxylic acids is 1. The highest BCUT2D eigenvalue weighted by molar-refractivity contribution is 6.30. The van der Waals surface area contributed by atoms with E-state index in [1.165, 1.54) is 0 Å². The highest BCUT2D eigenvalue weighted by Crippen LogP contribution is 2.16. The van der Waals surface area contributed by atoms with E-state index in [1.54, 1.807) is 37.4 Å². The standard InChI is InChI=1S/C17H18ClNO3/c1-19-17(20)13-4-2-5-16(12-13)22-11-3-10-21-15-8-6-14(18)7-9-15/h2,4-9,12H,3,10-11H2,1H3,(H,19,20). The van der Waals surface area contributed by atoms with Crippen LogP contribution in [0, 0.1) is 0 Å². The van der Waals surface area contributed by atoms with Gasteiger partial charge < -0.3 is 14.8 Å². The molecule has 0 atom stereocenters. The maximum Gasteiger partial charge on any atom is 0.251 e. The van der Waals surface area contributed by atoms with E-state index in [0.29, 0.717) is 29.5 Å². The largest absolute Gasteiger partial charge is 0.493 e. The highest BCUT2D eigenvalue weighted by atomic mass is 35.5. The van der Waals surface area contributed by atoms with Gasteiger partial charge >= 0.3 is 0 Å². The molecule has 0 fully saturated rings. The zero-order chi connectivity index (χ0) is 15.8. The molecule has 0 aliphatic heterocycles. The van der Waals surface area contributed by atoms with Crippen molar-refractivity contribution in [3.63, 3.8) is 0 Å². The number of nitrogens with one attached hydrogen (secondary N) is 1. The minimum Gasteiger partial charge on any atom is -0.493 e. The maximum atomic E-state index is 11.5. The molecule has 0 bridgehead atoms. The molecule has 0 aliphatic carbocycles. The van der Waals surface area contributed by atoms with Crippen molar-refractivity contribution in [2.45, 2.75) is 6.42 Å². The van der Waals surface area contributed by atoms with E-state index < -0.39 is 0 Å². The predicted molar refractivity (Wildman–Crippen MR) is 86.9 cm³/mol. The maximum absolute atomic E-state index is 11.5. The zero-order valence-corrected chi connectivity index (χ0v) is 13.1. The normalized spacial score (nSPS) is 10.1. The first-order chi connectivity index (χ1) is 10.7. The van der Waals surface area contributed by atoms with E-state index in [-0.39, 0.29) is 5.91 Å². The van der Waals surface area contributed by atoms with E-state index in [2.05, 4.69) is 5.32 Å². The summed E-state index contributed by atoms with van der Waals surface area (Å²) >= 11 is 5.80. The predicted octanol–water partition coefficient (Wildman–Crippen LogP) is 3.55. The number of ether oxygens (including phenoxy) is 2. The van der Waals surface area contributed by atoms with Gasteiger partial charge in [0.1, 0.15) is 11.5 Å². The Hall–Kier alpha value is -2.20. The molecular weight excluding hydrogens is 302 g/mol. The molecule has 0 saturated carbocycles. The summed E-state index contributed by atoms with van der Waals surface area (Å²) in [5.74, 6) is 1.33. The highest BCUT2D eigenvalue weighted by Gasteiger charge is 2.04. The topological polar surface area (TPSA) is 47.6 Å². The quantitative estimate of drug-likeness (QED) is 0.794. The van der Waals surface area contributed by atoms with E-state index in [9.17, 15) is 4.79 Å². The summed E-state index contributed by atoms with van der Waals surface area (Å²) in [6.07, 6.45) is 0.743. The van der Waals surface area contributed by atoms with Crippen LogP contribution in [0.4, 0.5) is 0 Å². The van der Waals surface area contributed by atoms with Crippen LogP contribution < -0.4 is 14.8 Å². The second-order valence-electron chi connectivity index (χ2n) is 4.61. The van der Waals surface area contributed by atoms with E-state index in [1.807, 2.05) is 18.2 Å². The second kappa shape index (κ2) is 8.29. The molecule has 5 heteroatoms. The Morgan fingerprint density at radius 1 is 1.05 bits per heavy atom. The van der Waals surface area contributed by atoms with Crippen LogP contribution in [-0.4, -0.2) is 26.2 Å². The Kier molecular flexibility index (Phi) is 6.10. The van der Waals surface area contributed by atoms with Crippen LogP contribution in [0.5, 0.6) is 11.5 Å². The summed E-state index contributed by atoms with van der Waals surface area (Å²) in [5.41, 5.74) is 0.581. The molecule has 0 unspecified atom stereocenters. The lowest BCUT2D eigenvalue weighted by Gasteiger charge is -2.09. The summed E-state index contributed by atoms with van der Waals surface area (Å²) in [6.45, 7) is 1.07. The molecular formula is C17H18ClNO3. The fourth-order valence-corrected chi connectivity index (χ4v) is 1.97. The number of hydrogen-bond acceptors (Lipinski definition) is 3. The Balaban J connectivity index is 1.72. The summed E-state index contributed by atoms with van der Waals surface area (Å²) < 4.78 is 11.2. The smallest absolute Gasteiger partial charge is 0.251 e. The van der Waals surface area contributed by atoms with Gasteiger partial charge in [0.15, 0.2) is 0 Å². The molecule has 2 aromatic rings. The molecule has 22 heavy (non-hydrogen) atoms. The first-order valence-electron chi connectivity index (χ1n) is 7.02. The summed E-state index contributed by atoms with van der Waals surface area (Å²) in [5, 5.41) is 3.27. The van der Waals surface area contributed by atoms with Crippen molar-refractivity contribution < 1.29 is 14.3 Å². The second-order valence-corrected chi connectivity index (χ2v) is 5.05. The monoisotopic (exact) mass is 319 g/mol. The van der Waals surface area contributed by atoms with Gasteiger partial charge in [0, 0.05) is 24.1 Å².